The van der Waals surface area contributed by atoms with Gasteiger partial charge < -0.3 is 16.0 Å². The summed E-state index contributed by atoms with van der Waals surface area (Å²) in [4.78, 5) is 26.2. The number of para-hydroxylation sites is 1. The molecule has 128 valence electrons. The minimum absolute atomic E-state index is 0.0149. The van der Waals surface area contributed by atoms with Crippen LogP contribution in [0.4, 0.5) is 4.39 Å². The fourth-order valence-corrected chi connectivity index (χ4v) is 3.45. The number of aromatic amines is 1. The van der Waals surface area contributed by atoms with Gasteiger partial charge in [-0.2, -0.15) is 0 Å². The lowest BCUT2D eigenvalue weighted by Gasteiger charge is -2.26. The number of carbonyl (C=O) groups is 1. The molecule has 1 fully saturated rings. The van der Waals surface area contributed by atoms with Gasteiger partial charge in [0.15, 0.2) is 5.43 Å². The number of aromatic nitrogens is 1. The maximum absolute atomic E-state index is 13.8. The molecule has 4 N–H and O–H groups in total. The number of pyridine rings is 1. The van der Waals surface area contributed by atoms with E-state index in [1.807, 2.05) is 0 Å². The molecule has 0 radical (unpaired) electrons. The van der Waals surface area contributed by atoms with Crippen molar-refractivity contribution in [3.05, 3.63) is 46.0 Å². The number of primary amides is 1. The smallest absolute Gasteiger partial charge is 0.220 e. The van der Waals surface area contributed by atoms with Crippen molar-refractivity contribution < 1.29 is 9.18 Å². The monoisotopic (exact) mass is 331 g/mol. The van der Waals surface area contributed by atoms with Gasteiger partial charge in [-0.25, -0.2) is 4.39 Å². The van der Waals surface area contributed by atoms with Crippen molar-refractivity contribution in [2.75, 3.05) is 6.54 Å². The molecule has 0 aliphatic heterocycles. The molecule has 0 bridgehead atoms. The van der Waals surface area contributed by atoms with Gasteiger partial charge in [-0.15, -0.1) is 0 Å². The van der Waals surface area contributed by atoms with Gasteiger partial charge >= 0.3 is 0 Å². The molecule has 1 aromatic heterocycles. The Kier molecular flexibility index (Phi) is 4.94. The highest BCUT2D eigenvalue weighted by atomic mass is 19.1. The topological polar surface area (TPSA) is 88.0 Å². The first kappa shape index (κ1) is 16.6. The van der Waals surface area contributed by atoms with Crippen LogP contribution in [0.25, 0.3) is 10.9 Å². The van der Waals surface area contributed by atoms with Crippen LogP contribution in [0.15, 0.2) is 29.1 Å². The van der Waals surface area contributed by atoms with Crippen molar-refractivity contribution in [3.8, 4) is 0 Å². The molecule has 1 aliphatic rings. The summed E-state index contributed by atoms with van der Waals surface area (Å²) in [7, 11) is 0. The summed E-state index contributed by atoms with van der Waals surface area (Å²) in [5.41, 5.74) is 6.09. The lowest BCUT2D eigenvalue weighted by atomic mass is 9.81. The molecule has 1 heterocycles. The van der Waals surface area contributed by atoms with Crippen LogP contribution in [-0.2, 0) is 11.3 Å². The van der Waals surface area contributed by atoms with E-state index < -0.39 is 5.82 Å². The van der Waals surface area contributed by atoms with E-state index in [0.29, 0.717) is 23.5 Å². The number of hydrogen-bond donors (Lipinski definition) is 3. The molecule has 0 saturated heterocycles. The van der Waals surface area contributed by atoms with E-state index >= 15 is 0 Å². The van der Waals surface area contributed by atoms with Crippen molar-refractivity contribution >= 4 is 16.8 Å². The number of nitrogens with one attached hydrogen (secondary N) is 2. The highest BCUT2D eigenvalue weighted by molar-refractivity contribution is 5.79. The number of halogens is 1. The van der Waals surface area contributed by atoms with Gasteiger partial charge in [0, 0.05) is 29.6 Å². The number of fused-ring (bicyclic) bond motifs is 1. The van der Waals surface area contributed by atoms with Crippen molar-refractivity contribution in [2.45, 2.75) is 32.2 Å². The highest BCUT2D eigenvalue weighted by Crippen LogP contribution is 2.28. The molecule has 0 unspecified atom stereocenters. The van der Waals surface area contributed by atoms with Crippen LogP contribution in [-0.4, -0.2) is 17.4 Å². The zero-order chi connectivity index (χ0) is 17.1. The molecule has 1 saturated carbocycles. The maximum atomic E-state index is 13.8. The van der Waals surface area contributed by atoms with Crippen LogP contribution in [0.2, 0.25) is 0 Å². The standard InChI is InChI=1S/C18H22FN3O2/c19-15-3-1-2-14-16(23)8-13(22-17(14)15)10-21-9-11-4-6-12(7-5-11)18(20)24/h1-3,8,11-12,21H,4-7,9-10H2,(H2,20,24)(H,22,23). The fraction of sp³-hybridized carbons (Fsp3) is 0.444. The van der Waals surface area contributed by atoms with Crippen molar-refractivity contribution in [2.24, 2.45) is 17.6 Å². The van der Waals surface area contributed by atoms with E-state index in [1.165, 1.54) is 18.2 Å². The van der Waals surface area contributed by atoms with Gasteiger partial charge in [-0.3, -0.25) is 9.59 Å². The van der Waals surface area contributed by atoms with E-state index in [2.05, 4.69) is 10.3 Å². The van der Waals surface area contributed by atoms with E-state index in [-0.39, 0.29) is 22.8 Å². The second-order valence-corrected chi connectivity index (χ2v) is 6.57. The largest absolute Gasteiger partial charge is 0.369 e. The Balaban J connectivity index is 1.58. The summed E-state index contributed by atoms with van der Waals surface area (Å²) >= 11 is 0. The van der Waals surface area contributed by atoms with Crippen LogP contribution >= 0.6 is 0 Å². The Hall–Kier alpha value is -2.21. The van der Waals surface area contributed by atoms with Gasteiger partial charge in [-0.05, 0) is 50.3 Å². The molecule has 24 heavy (non-hydrogen) atoms. The van der Waals surface area contributed by atoms with Crippen LogP contribution in [0, 0.1) is 17.7 Å². The van der Waals surface area contributed by atoms with Crippen LogP contribution in [0.5, 0.6) is 0 Å². The molecule has 1 aliphatic carbocycles. The van der Waals surface area contributed by atoms with E-state index in [9.17, 15) is 14.0 Å². The molecule has 2 aromatic rings. The molecule has 1 amide bonds. The summed E-state index contributed by atoms with van der Waals surface area (Å²) in [5.74, 6) is -0.0982. The predicted molar refractivity (Wildman–Crippen MR) is 90.9 cm³/mol. The van der Waals surface area contributed by atoms with Crippen LogP contribution in [0.3, 0.4) is 0 Å². The normalized spacial score (nSPS) is 21.0. The van der Waals surface area contributed by atoms with Gasteiger partial charge in [0.25, 0.3) is 0 Å². The second kappa shape index (κ2) is 7.13. The van der Waals surface area contributed by atoms with Gasteiger partial charge in [0.1, 0.15) is 5.82 Å². The minimum atomic E-state index is -0.420. The zero-order valence-electron chi connectivity index (χ0n) is 13.5. The summed E-state index contributed by atoms with van der Waals surface area (Å²) in [6.07, 6.45) is 3.65. The Morgan fingerprint density at radius 1 is 1.29 bits per heavy atom. The third-order valence-corrected chi connectivity index (χ3v) is 4.87. The Labute approximate surface area is 139 Å². The lowest BCUT2D eigenvalue weighted by molar-refractivity contribution is -0.122. The Morgan fingerprint density at radius 2 is 2.04 bits per heavy atom. The molecule has 0 atom stereocenters. The minimum Gasteiger partial charge on any atom is -0.369 e. The fourth-order valence-electron chi connectivity index (χ4n) is 3.45. The van der Waals surface area contributed by atoms with E-state index in [1.54, 1.807) is 6.07 Å². The lowest BCUT2D eigenvalue weighted by Crippen LogP contribution is -2.31. The number of nitrogens with two attached hydrogens (primary N) is 1. The molecule has 3 rings (SSSR count). The molecular weight excluding hydrogens is 309 g/mol. The summed E-state index contributed by atoms with van der Waals surface area (Å²) in [6.45, 7) is 1.29. The Morgan fingerprint density at radius 3 is 2.75 bits per heavy atom. The third kappa shape index (κ3) is 3.64. The Bertz CT molecular complexity index is 794. The SMILES string of the molecule is NC(=O)C1CCC(CNCc2cc(=O)c3cccc(F)c3[nH]2)CC1. The average molecular weight is 331 g/mol. The predicted octanol–water partition coefficient (Wildman–Crippen LogP) is 2.05. The summed E-state index contributed by atoms with van der Waals surface area (Å²) in [6, 6.07) is 6.00. The van der Waals surface area contributed by atoms with E-state index in [4.69, 9.17) is 5.73 Å². The average Bonchev–Trinajstić information content (AvgIpc) is 2.56. The van der Waals surface area contributed by atoms with Crippen molar-refractivity contribution in [1.82, 2.24) is 10.3 Å². The summed E-state index contributed by atoms with van der Waals surface area (Å²) < 4.78 is 13.8. The maximum Gasteiger partial charge on any atom is 0.220 e. The van der Waals surface area contributed by atoms with Gasteiger partial charge in [0.2, 0.25) is 5.91 Å². The third-order valence-electron chi connectivity index (χ3n) is 4.87. The van der Waals surface area contributed by atoms with Crippen molar-refractivity contribution in [1.29, 1.82) is 0 Å². The number of H-pyrrole nitrogens is 1. The number of carbonyl (C=O) groups excluding carboxylic acids is 1. The van der Waals surface area contributed by atoms with Crippen LogP contribution in [0.1, 0.15) is 31.4 Å². The molecule has 1 aromatic carbocycles. The van der Waals surface area contributed by atoms with Gasteiger partial charge in [-0.1, -0.05) is 6.07 Å². The molecule has 5 nitrogen and oxygen atoms in total. The van der Waals surface area contributed by atoms with Gasteiger partial charge in [0.05, 0.1) is 5.52 Å². The number of rotatable bonds is 5. The first-order valence-corrected chi connectivity index (χ1v) is 8.35. The zero-order valence-corrected chi connectivity index (χ0v) is 13.5. The van der Waals surface area contributed by atoms with E-state index in [0.717, 1.165) is 32.2 Å². The second-order valence-electron chi connectivity index (χ2n) is 6.57. The molecular formula is C18H22FN3O2. The first-order chi connectivity index (χ1) is 11.5. The molecule has 6 heteroatoms. The number of amides is 1. The number of benzene rings is 1. The first-order valence-electron chi connectivity index (χ1n) is 8.35. The van der Waals surface area contributed by atoms with Crippen molar-refractivity contribution in [3.63, 3.8) is 0 Å². The quantitative estimate of drug-likeness (QED) is 0.783. The highest BCUT2D eigenvalue weighted by Gasteiger charge is 2.24. The molecule has 0 spiro atoms. The summed E-state index contributed by atoms with van der Waals surface area (Å²) in [5, 5.41) is 3.68. The van der Waals surface area contributed by atoms with Crippen LogP contribution < -0.4 is 16.5 Å². The number of hydrogen-bond acceptors (Lipinski definition) is 3.